The minimum Gasteiger partial charge on any atom is -0.507 e. The Labute approximate surface area is 147 Å². The Morgan fingerprint density at radius 1 is 1.04 bits per heavy atom. The number of phenols is 1. The van der Waals surface area contributed by atoms with Gasteiger partial charge in [0.25, 0.3) is 0 Å². The van der Waals surface area contributed by atoms with Gasteiger partial charge in [-0.15, -0.1) is 0 Å². The third-order valence-corrected chi connectivity index (χ3v) is 5.75. The van der Waals surface area contributed by atoms with Crippen LogP contribution in [-0.2, 0) is 5.41 Å². The summed E-state index contributed by atoms with van der Waals surface area (Å²) in [7, 11) is 0.437. The summed E-state index contributed by atoms with van der Waals surface area (Å²) >= 11 is 4.63. The molecule has 2 aromatic carbocycles. The maximum absolute atomic E-state index is 10.5. The monoisotopic (exact) mass is 346 g/mol. The van der Waals surface area contributed by atoms with Crippen LogP contribution in [0.3, 0.4) is 0 Å². The quantitative estimate of drug-likeness (QED) is 0.597. The van der Waals surface area contributed by atoms with Gasteiger partial charge in [-0.3, -0.25) is 0 Å². The molecule has 0 amide bonds. The number of aryl methyl sites for hydroxylation is 2. The number of phenolic OH excluding ortho intramolecular Hbond substituents is 1. The molecule has 0 aliphatic carbocycles. The third kappa shape index (κ3) is 4.31. The van der Waals surface area contributed by atoms with Crippen molar-refractivity contribution >= 4 is 31.8 Å². The van der Waals surface area contributed by atoms with Crippen molar-refractivity contribution < 1.29 is 5.11 Å². The Balaban J connectivity index is 2.51. The molecule has 2 rings (SSSR count). The summed E-state index contributed by atoms with van der Waals surface area (Å²) in [6, 6.07) is 10.8. The van der Waals surface area contributed by atoms with Crippen LogP contribution in [-0.4, -0.2) is 5.11 Å². The zero-order chi connectivity index (χ0) is 17.4. The Hall–Kier alpha value is -0.980. The molecule has 2 unspecified atom stereocenters. The van der Waals surface area contributed by atoms with Gasteiger partial charge in [0.2, 0.25) is 0 Å². The van der Waals surface area contributed by atoms with E-state index in [-0.39, 0.29) is 10.7 Å². The minimum atomic E-state index is 0.0740. The van der Waals surface area contributed by atoms with Crippen LogP contribution >= 0.6 is 21.2 Å². The van der Waals surface area contributed by atoms with E-state index in [9.17, 15) is 5.11 Å². The lowest BCUT2D eigenvalue weighted by atomic mass is 9.86. The van der Waals surface area contributed by atoms with Gasteiger partial charge in [-0.2, -0.15) is 12.6 Å². The van der Waals surface area contributed by atoms with Crippen molar-refractivity contribution in [3.05, 3.63) is 52.6 Å². The zero-order valence-corrected chi connectivity index (χ0v) is 16.8. The largest absolute Gasteiger partial charge is 0.507 e. The van der Waals surface area contributed by atoms with E-state index in [0.717, 1.165) is 10.9 Å². The van der Waals surface area contributed by atoms with E-state index in [1.54, 1.807) is 0 Å². The predicted molar refractivity (Wildman–Crippen MR) is 108 cm³/mol. The fourth-order valence-electron chi connectivity index (χ4n) is 2.59. The molecule has 0 radical (unpaired) electrons. The second kappa shape index (κ2) is 6.87. The molecule has 2 aromatic rings. The van der Waals surface area contributed by atoms with Crippen LogP contribution in [0.5, 0.6) is 5.75 Å². The Kier molecular flexibility index (Phi) is 5.48. The van der Waals surface area contributed by atoms with Gasteiger partial charge in [0, 0.05) is 10.6 Å². The molecule has 0 saturated carbocycles. The number of hydrogen-bond donors (Lipinski definition) is 2. The molecule has 0 saturated heterocycles. The Morgan fingerprint density at radius 2 is 1.70 bits per heavy atom. The molecule has 124 valence electrons. The second-order valence-corrected chi connectivity index (χ2v) is 9.43. The fraction of sp³-hybridized carbons (Fsp3) is 0.400. The Bertz CT molecular complexity index is 714. The summed E-state index contributed by atoms with van der Waals surface area (Å²) in [4.78, 5) is 0. The van der Waals surface area contributed by atoms with E-state index in [4.69, 9.17) is 0 Å². The molecule has 1 N–H and O–H groups in total. The van der Waals surface area contributed by atoms with Crippen molar-refractivity contribution in [2.75, 3.05) is 0 Å². The maximum Gasteiger partial charge on any atom is 0.126 e. The van der Waals surface area contributed by atoms with E-state index in [1.165, 1.54) is 22.0 Å². The first kappa shape index (κ1) is 18.4. The molecule has 0 aliphatic rings. The van der Waals surface area contributed by atoms with Crippen LogP contribution in [0.15, 0.2) is 30.3 Å². The summed E-state index contributed by atoms with van der Waals surface area (Å²) in [6.07, 6.45) is 0. The molecular formula is C20H27OPS. The molecule has 0 heterocycles. The topological polar surface area (TPSA) is 20.2 Å². The van der Waals surface area contributed by atoms with Gasteiger partial charge in [-0.05, 0) is 54.2 Å². The third-order valence-electron chi connectivity index (χ3n) is 4.09. The molecule has 2 atom stereocenters. The van der Waals surface area contributed by atoms with E-state index in [1.807, 2.05) is 6.92 Å². The van der Waals surface area contributed by atoms with Crippen LogP contribution < -0.4 is 10.6 Å². The van der Waals surface area contributed by atoms with Crippen molar-refractivity contribution in [1.82, 2.24) is 0 Å². The highest BCUT2D eigenvalue weighted by atomic mass is 32.1. The molecule has 3 heteroatoms. The van der Waals surface area contributed by atoms with Crippen LogP contribution in [0.25, 0.3) is 0 Å². The summed E-state index contributed by atoms with van der Waals surface area (Å²) in [6.45, 7) is 12.8. The van der Waals surface area contributed by atoms with Crippen LogP contribution in [0.4, 0.5) is 0 Å². The number of benzene rings is 2. The van der Waals surface area contributed by atoms with Crippen molar-refractivity contribution in [3.8, 4) is 5.75 Å². The highest BCUT2D eigenvalue weighted by Crippen LogP contribution is 2.31. The van der Waals surface area contributed by atoms with Gasteiger partial charge in [-0.25, -0.2) is 0 Å². The lowest BCUT2D eigenvalue weighted by Gasteiger charge is -2.22. The first-order chi connectivity index (χ1) is 10.6. The molecule has 0 aliphatic heterocycles. The molecule has 0 aromatic heterocycles. The average molecular weight is 346 g/mol. The SMILES string of the molecule is Cc1ccc(Pc2cc(C(C)(C)C)cc(C)c2O)c(C(C)S)c1. The normalized spacial score (nSPS) is 13.7. The smallest absolute Gasteiger partial charge is 0.126 e. The number of aromatic hydroxyl groups is 1. The summed E-state index contributed by atoms with van der Waals surface area (Å²) in [5.74, 6) is 0.426. The van der Waals surface area contributed by atoms with E-state index in [2.05, 4.69) is 77.6 Å². The predicted octanol–water partition coefficient (Wildman–Crippen LogP) is 4.93. The van der Waals surface area contributed by atoms with Crippen LogP contribution in [0, 0.1) is 13.8 Å². The van der Waals surface area contributed by atoms with Crippen molar-refractivity contribution in [1.29, 1.82) is 0 Å². The lowest BCUT2D eigenvalue weighted by molar-refractivity contribution is 0.474. The molecule has 0 bridgehead atoms. The minimum absolute atomic E-state index is 0.0740. The Morgan fingerprint density at radius 3 is 2.26 bits per heavy atom. The van der Waals surface area contributed by atoms with Gasteiger partial charge in [-0.1, -0.05) is 59.2 Å². The highest BCUT2D eigenvalue weighted by molar-refractivity contribution is 7.80. The van der Waals surface area contributed by atoms with Crippen LogP contribution in [0.2, 0.25) is 0 Å². The van der Waals surface area contributed by atoms with Crippen molar-refractivity contribution in [2.24, 2.45) is 0 Å². The molecular weight excluding hydrogens is 319 g/mol. The number of rotatable bonds is 3. The summed E-state index contributed by atoms with van der Waals surface area (Å²) in [5, 5.41) is 13.0. The van der Waals surface area contributed by atoms with Gasteiger partial charge < -0.3 is 5.11 Å². The molecule has 0 spiro atoms. The van der Waals surface area contributed by atoms with Gasteiger partial charge in [0.15, 0.2) is 0 Å². The van der Waals surface area contributed by atoms with Crippen molar-refractivity contribution in [2.45, 2.75) is 52.2 Å². The fourth-order valence-corrected chi connectivity index (χ4v) is 4.36. The molecule has 0 fully saturated rings. The zero-order valence-electron chi connectivity index (χ0n) is 14.9. The first-order valence-corrected chi connectivity index (χ1v) is 9.51. The number of thiol groups is 1. The van der Waals surface area contributed by atoms with E-state index < -0.39 is 0 Å². The summed E-state index contributed by atoms with van der Waals surface area (Å²) in [5.41, 5.74) is 4.79. The average Bonchev–Trinajstić information content (AvgIpc) is 2.44. The maximum atomic E-state index is 10.5. The van der Waals surface area contributed by atoms with Crippen molar-refractivity contribution in [3.63, 3.8) is 0 Å². The standard InChI is InChI=1S/C20H27OPS/c1-12-7-8-17(16(9-12)14(3)23)22-18-11-15(20(4,5)6)10-13(2)19(18)21/h7-11,14,21-23H,1-6H3. The lowest BCUT2D eigenvalue weighted by Crippen LogP contribution is -2.16. The highest BCUT2D eigenvalue weighted by Gasteiger charge is 2.18. The second-order valence-electron chi connectivity index (χ2n) is 7.33. The number of hydrogen-bond acceptors (Lipinski definition) is 2. The van der Waals surface area contributed by atoms with E-state index >= 15 is 0 Å². The molecule has 1 nitrogen and oxygen atoms in total. The summed E-state index contributed by atoms with van der Waals surface area (Å²) < 4.78 is 0. The molecule has 23 heavy (non-hydrogen) atoms. The first-order valence-electron chi connectivity index (χ1n) is 7.99. The van der Waals surface area contributed by atoms with Gasteiger partial charge >= 0.3 is 0 Å². The van der Waals surface area contributed by atoms with E-state index in [0.29, 0.717) is 14.3 Å². The van der Waals surface area contributed by atoms with Gasteiger partial charge in [0.05, 0.1) is 0 Å². The van der Waals surface area contributed by atoms with Crippen LogP contribution in [0.1, 0.15) is 55.2 Å². The van der Waals surface area contributed by atoms with Gasteiger partial charge in [0.1, 0.15) is 5.75 Å².